The fraction of sp³-hybridized carbons (Fsp3) is 0.324. The van der Waals surface area contributed by atoms with Crippen LogP contribution in [-0.2, 0) is 27.1 Å². The molecule has 2 saturated carbocycles. The molecule has 2 aromatic carbocycles. The summed E-state index contributed by atoms with van der Waals surface area (Å²) in [5.41, 5.74) is -0.805. The Hall–Kier alpha value is -5.29. The number of imidazole rings is 1. The highest BCUT2D eigenvalue weighted by Gasteiger charge is 2.57. The summed E-state index contributed by atoms with van der Waals surface area (Å²) in [6, 6.07) is 16.4. The van der Waals surface area contributed by atoms with Crippen molar-refractivity contribution in [3.8, 4) is 6.07 Å². The van der Waals surface area contributed by atoms with E-state index in [-0.39, 0.29) is 42.4 Å². The molecule has 0 bridgehead atoms. The zero-order chi connectivity index (χ0) is 37.0. The third-order valence-corrected chi connectivity index (χ3v) is 10.3. The number of rotatable bonds is 11. The summed E-state index contributed by atoms with van der Waals surface area (Å²) in [5.74, 6) is -1.53. The number of halogens is 2. The molecule has 2 atom stereocenters. The van der Waals surface area contributed by atoms with Crippen LogP contribution in [0.1, 0.15) is 77.2 Å². The summed E-state index contributed by atoms with van der Waals surface area (Å²) in [6.45, 7) is 3.19. The highest BCUT2D eigenvalue weighted by atomic mass is 35.5. The van der Waals surface area contributed by atoms with E-state index in [0.717, 1.165) is 5.56 Å². The van der Waals surface area contributed by atoms with Crippen LogP contribution >= 0.6 is 23.2 Å². The minimum Gasteiger partial charge on any atom is -0.394 e. The molecule has 0 saturated heterocycles. The van der Waals surface area contributed by atoms with Crippen LogP contribution in [0.15, 0.2) is 67.0 Å². The minimum absolute atomic E-state index is 0.0767. The first-order valence-corrected chi connectivity index (χ1v) is 17.5. The average Bonchev–Trinajstić information content (AvgIpc) is 4.03. The van der Waals surface area contributed by atoms with Gasteiger partial charge in [0, 0.05) is 34.3 Å². The van der Waals surface area contributed by atoms with E-state index in [9.17, 15) is 29.5 Å². The second-order valence-electron chi connectivity index (χ2n) is 13.9. The lowest BCUT2D eigenvalue weighted by molar-refractivity contribution is -0.125. The number of aliphatic hydroxyl groups is 1. The Morgan fingerprint density at radius 1 is 0.981 bits per heavy atom. The fourth-order valence-corrected chi connectivity index (χ4v) is 7.15. The van der Waals surface area contributed by atoms with Crippen LogP contribution in [0.25, 0.3) is 0 Å². The van der Waals surface area contributed by atoms with Gasteiger partial charge in [-0.1, -0.05) is 35.3 Å². The number of aromatic nitrogens is 3. The van der Waals surface area contributed by atoms with Crippen molar-refractivity contribution in [3.63, 3.8) is 0 Å². The Balaban J connectivity index is 1.16. The molecule has 4 amide bonds. The molecule has 13 nitrogen and oxygen atoms in total. The minimum atomic E-state index is -1.35. The molecule has 3 heterocycles. The van der Waals surface area contributed by atoms with Crippen LogP contribution in [0.3, 0.4) is 0 Å². The molecule has 7 rings (SSSR count). The molecule has 2 aliphatic carbocycles. The topological polar surface area (TPSA) is 182 Å². The van der Waals surface area contributed by atoms with Gasteiger partial charge in [-0.2, -0.15) is 5.26 Å². The molecule has 3 aliphatic rings. The van der Waals surface area contributed by atoms with Crippen LogP contribution in [0.2, 0.25) is 10.0 Å². The number of anilines is 2. The summed E-state index contributed by atoms with van der Waals surface area (Å²) in [7, 11) is 0. The Morgan fingerprint density at radius 3 is 2.29 bits per heavy atom. The Labute approximate surface area is 308 Å². The van der Waals surface area contributed by atoms with Gasteiger partial charge in [0.05, 0.1) is 41.4 Å². The molecule has 1 aliphatic heterocycles. The summed E-state index contributed by atoms with van der Waals surface area (Å²) < 4.78 is 1.58. The van der Waals surface area contributed by atoms with Gasteiger partial charge in [-0.15, -0.1) is 0 Å². The maximum Gasteiger partial charge on any atom is 0.270 e. The van der Waals surface area contributed by atoms with E-state index in [1.54, 1.807) is 73.0 Å². The van der Waals surface area contributed by atoms with Crippen molar-refractivity contribution in [1.29, 1.82) is 5.26 Å². The maximum absolute atomic E-state index is 14.4. The Kier molecular flexibility index (Phi) is 8.81. The number of nitrogens with one attached hydrogen (secondary N) is 3. The van der Waals surface area contributed by atoms with Gasteiger partial charge in [0.25, 0.3) is 17.7 Å². The second kappa shape index (κ2) is 13.0. The number of fused-ring (bicyclic) bond motifs is 1. The van der Waals surface area contributed by atoms with E-state index in [1.807, 2.05) is 0 Å². The Bertz CT molecular complexity index is 2150. The molecule has 2 fully saturated rings. The van der Waals surface area contributed by atoms with Crippen molar-refractivity contribution in [2.45, 2.75) is 68.6 Å². The maximum atomic E-state index is 14.4. The molecule has 15 heteroatoms. The van der Waals surface area contributed by atoms with Crippen LogP contribution in [0.5, 0.6) is 0 Å². The van der Waals surface area contributed by atoms with Gasteiger partial charge in [-0.25, -0.2) is 9.88 Å². The lowest BCUT2D eigenvalue weighted by atomic mass is 9.91. The number of carbonyl (C=O) groups is 4. The number of nitriles is 1. The van der Waals surface area contributed by atoms with E-state index in [1.165, 1.54) is 17.3 Å². The molecule has 4 N–H and O–H groups in total. The zero-order valence-corrected chi connectivity index (χ0v) is 29.8. The lowest BCUT2D eigenvalue weighted by Crippen LogP contribution is -2.52. The van der Waals surface area contributed by atoms with Crippen LogP contribution < -0.4 is 20.9 Å². The predicted molar refractivity (Wildman–Crippen MR) is 191 cm³/mol. The van der Waals surface area contributed by atoms with Gasteiger partial charge in [-0.3, -0.25) is 28.7 Å². The second-order valence-corrected chi connectivity index (χ2v) is 14.7. The summed E-state index contributed by atoms with van der Waals surface area (Å²) >= 11 is 12.6. The summed E-state index contributed by atoms with van der Waals surface area (Å²) in [4.78, 5) is 65.5. The first-order valence-electron chi connectivity index (χ1n) is 16.7. The number of benzene rings is 2. The number of amides is 4. The van der Waals surface area contributed by atoms with Gasteiger partial charge in [-0.05, 0) is 87.6 Å². The number of hydrogen-bond donors (Lipinski definition) is 4. The van der Waals surface area contributed by atoms with Crippen molar-refractivity contribution in [1.82, 2.24) is 30.5 Å². The first-order chi connectivity index (χ1) is 24.8. The lowest BCUT2D eigenvalue weighted by Gasteiger charge is -2.27. The average molecular weight is 742 g/mol. The van der Waals surface area contributed by atoms with Gasteiger partial charge in [0.15, 0.2) is 0 Å². The molecule has 0 radical (unpaired) electrons. The van der Waals surface area contributed by atoms with E-state index < -0.39 is 28.6 Å². The molecular weight excluding hydrogens is 707 g/mol. The van der Waals surface area contributed by atoms with Crippen molar-refractivity contribution >= 4 is 58.5 Å². The van der Waals surface area contributed by atoms with Gasteiger partial charge < -0.3 is 21.1 Å². The molecule has 52 heavy (non-hydrogen) atoms. The summed E-state index contributed by atoms with van der Waals surface area (Å²) in [5, 5.41) is 28.0. The van der Waals surface area contributed by atoms with Gasteiger partial charge in [0.1, 0.15) is 16.8 Å². The van der Waals surface area contributed by atoms with Gasteiger partial charge >= 0.3 is 0 Å². The number of hydrogen-bond acceptors (Lipinski definition) is 8. The third kappa shape index (κ3) is 6.27. The Morgan fingerprint density at radius 2 is 1.67 bits per heavy atom. The van der Waals surface area contributed by atoms with E-state index in [2.05, 4.69) is 32.0 Å². The van der Waals surface area contributed by atoms with Crippen molar-refractivity contribution in [2.75, 3.05) is 11.5 Å². The molecule has 4 aromatic rings. The number of pyridine rings is 1. The SMILES string of the molecule is C[C@@H](CO)NC(=O)c1ccnc(C2(NC(=O)C3(NC(=O)c4cnc5n4[C@](C)(Cc4ccc(C#N)cc4)C(=O)N5c4cc(Cl)cc(Cl)c4)CC3)CC2)c1. The quantitative estimate of drug-likeness (QED) is 0.176. The fourth-order valence-electron chi connectivity index (χ4n) is 6.63. The third-order valence-electron chi connectivity index (χ3n) is 9.87. The summed E-state index contributed by atoms with van der Waals surface area (Å²) in [6.07, 6.45) is 5.03. The molecule has 0 spiro atoms. The van der Waals surface area contributed by atoms with Crippen LogP contribution in [0, 0.1) is 11.3 Å². The zero-order valence-electron chi connectivity index (χ0n) is 28.2. The van der Waals surface area contributed by atoms with Crippen LogP contribution in [-0.4, -0.2) is 61.5 Å². The van der Waals surface area contributed by atoms with Crippen molar-refractivity contribution < 1.29 is 24.3 Å². The van der Waals surface area contributed by atoms with E-state index in [0.29, 0.717) is 58.2 Å². The first kappa shape index (κ1) is 35.1. The van der Waals surface area contributed by atoms with E-state index in [4.69, 9.17) is 23.2 Å². The molecule has 2 aromatic heterocycles. The normalized spacial score (nSPS) is 19.6. The monoisotopic (exact) mass is 740 g/mol. The molecular formula is C37H34Cl2N8O5. The van der Waals surface area contributed by atoms with Crippen molar-refractivity contribution in [2.24, 2.45) is 0 Å². The van der Waals surface area contributed by atoms with Crippen molar-refractivity contribution in [3.05, 3.63) is 105 Å². The highest BCUT2D eigenvalue weighted by Crippen LogP contribution is 2.48. The number of aliphatic hydroxyl groups excluding tert-OH is 1. The largest absolute Gasteiger partial charge is 0.394 e. The van der Waals surface area contributed by atoms with Gasteiger partial charge in [0.2, 0.25) is 11.9 Å². The number of nitrogens with zero attached hydrogens (tertiary/aromatic N) is 5. The highest BCUT2D eigenvalue weighted by molar-refractivity contribution is 6.35. The smallest absolute Gasteiger partial charge is 0.270 e. The van der Waals surface area contributed by atoms with E-state index >= 15 is 0 Å². The number of carbonyl (C=O) groups excluding carboxylic acids is 4. The predicted octanol–water partition coefficient (Wildman–Crippen LogP) is 4.27. The molecule has 0 unspecified atom stereocenters. The molecule has 266 valence electrons. The standard InChI is InChI=1S/C37H34Cl2N8O5/c1-21(20-48)43-30(49)24-7-12-41-29(13-24)36(8-9-36)45-32(51)37(10-11-37)44-31(50)28-19-42-34-46(27-15-25(38)14-26(39)16-27)33(52)35(2,47(28)34)17-22-3-5-23(18-40)6-4-22/h3-7,12-16,19,21,48H,8-11,17,20H2,1-2H3,(H,43,49)(H,44,50)(H,45,51)/t21-,35+/m0/s1. The van der Waals surface area contributed by atoms with Crippen LogP contribution in [0.4, 0.5) is 11.6 Å².